The number of non-ortho nitro benzene ring substituents is 1. The van der Waals surface area contributed by atoms with Crippen LogP contribution < -0.4 is 15.5 Å². The Kier molecular flexibility index (Phi) is 5.06. The first-order chi connectivity index (χ1) is 12.5. The van der Waals surface area contributed by atoms with Gasteiger partial charge in [0.05, 0.1) is 22.4 Å². The molecule has 1 fully saturated rings. The molecule has 0 bridgehead atoms. The van der Waals surface area contributed by atoms with Crippen molar-refractivity contribution in [3.05, 3.63) is 46.3 Å². The van der Waals surface area contributed by atoms with Gasteiger partial charge in [-0.1, -0.05) is 0 Å². The van der Waals surface area contributed by atoms with E-state index in [0.29, 0.717) is 5.69 Å². The zero-order chi connectivity index (χ0) is 18.7. The van der Waals surface area contributed by atoms with E-state index in [2.05, 4.69) is 20.6 Å². The average molecular weight is 358 g/mol. The summed E-state index contributed by atoms with van der Waals surface area (Å²) in [5.41, 5.74) is 1.84. The molecule has 1 unspecified atom stereocenters. The number of carbonyl (C=O) groups is 1. The van der Waals surface area contributed by atoms with Gasteiger partial charge in [-0.15, -0.1) is 0 Å². The molecule has 9 nitrogen and oxygen atoms in total. The van der Waals surface area contributed by atoms with Crippen LogP contribution >= 0.6 is 0 Å². The molecule has 1 aromatic heterocycles. The van der Waals surface area contributed by atoms with Gasteiger partial charge in [0.1, 0.15) is 0 Å². The van der Waals surface area contributed by atoms with E-state index in [0.717, 1.165) is 31.6 Å². The molecule has 26 heavy (non-hydrogen) atoms. The molecule has 138 valence electrons. The van der Waals surface area contributed by atoms with Gasteiger partial charge in [0.2, 0.25) is 0 Å². The topological polar surface area (TPSA) is 105 Å². The Morgan fingerprint density at radius 3 is 2.88 bits per heavy atom. The van der Waals surface area contributed by atoms with Crippen molar-refractivity contribution in [2.75, 3.05) is 30.4 Å². The average Bonchev–Trinajstić information content (AvgIpc) is 3.08. The summed E-state index contributed by atoms with van der Waals surface area (Å²) in [7, 11) is 3.39. The molecule has 2 aromatic rings. The number of nitrogens with one attached hydrogen (secondary N) is 2. The van der Waals surface area contributed by atoms with Crippen molar-refractivity contribution in [2.24, 2.45) is 7.05 Å². The minimum absolute atomic E-state index is 0.102. The SMILES string of the molecule is CNC(=O)c1cc([N+](=O)[O-])ccc1NC1CCCN(c2cnn(C)c2)C1. The fraction of sp³-hybridized carbons (Fsp3) is 0.412. The third-order valence-corrected chi connectivity index (χ3v) is 4.52. The predicted octanol–water partition coefficient (Wildman–Crippen LogP) is 1.77. The number of aryl methyl sites for hydroxylation is 1. The van der Waals surface area contributed by atoms with Crippen molar-refractivity contribution < 1.29 is 9.72 Å². The summed E-state index contributed by atoms with van der Waals surface area (Å²) in [6.07, 6.45) is 5.78. The number of hydrogen-bond donors (Lipinski definition) is 2. The van der Waals surface area contributed by atoms with Crippen LogP contribution in [0.1, 0.15) is 23.2 Å². The Labute approximate surface area is 151 Å². The van der Waals surface area contributed by atoms with E-state index >= 15 is 0 Å². The van der Waals surface area contributed by atoms with E-state index in [1.54, 1.807) is 10.7 Å². The van der Waals surface area contributed by atoms with Crippen LogP contribution in [0, 0.1) is 10.1 Å². The van der Waals surface area contributed by atoms with E-state index in [9.17, 15) is 14.9 Å². The monoisotopic (exact) mass is 358 g/mol. The van der Waals surface area contributed by atoms with E-state index in [-0.39, 0.29) is 23.2 Å². The predicted molar refractivity (Wildman–Crippen MR) is 98.6 cm³/mol. The summed E-state index contributed by atoms with van der Waals surface area (Å²) >= 11 is 0. The molecule has 1 aliphatic rings. The van der Waals surface area contributed by atoms with Gasteiger partial charge < -0.3 is 15.5 Å². The summed E-state index contributed by atoms with van der Waals surface area (Å²) in [5.74, 6) is -0.351. The number of nitro benzene ring substituents is 1. The van der Waals surface area contributed by atoms with Gasteiger partial charge in [-0.2, -0.15) is 5.10 Å². The second kappa shape index (κ2) is 7.42. The van der Waals surface area contributed by atoms with Crippen LogP contribution in [0.4, 0.5) is 17.1 Å². The van der Waals surface area contributed by atoms with Crippen LogP contribution in [0.15, 0.2) is 30.6 Å². The highest BCUT2D eigenvalue weighted by atomic mass is 16.6. The smallest absolute Gasteiger partial charge is 0.270 e. The Hall–Kier alpha value is -3.10. The van der Waals surface area contributed by atoms with Crippen molar-refractivity contribution in [1.82, 2.24) is 15.1 Å². The molecule has 1 aromatic carbocycles. The van der Waals surface area contributed by atoms with Crippen LogP contribution in [0.5, 0.6) is 0 Å². The van der Waals surface area contributed by atoms with Gasteiger partial charge >= 0.3 is 0 Å². The number of nitro groups is 1. The molecular formula is C17H22N6O3. The van der Waals surface area contributed by atoms with Crippen LogP contribution in [-0.4, -0.2) is 46.8 Å². The highest BCUT2D eigenvalue weighted by molar-refractivity contribution is 6.00. The van der Waals surface area contributed by atoms with Gasteiger partial charge in [-0.3, -0.25) is 19.6 Å². The summed E-state index contributed by atoms with van der Waals surface area (Å²) in [6.45, 7) is 1.72. The van der Waals surface area contributed by atoms with Gasteiger partial charge in [0.25, 0.3) is 11.6 Å². The molecule has 0 saturated carbocycles. The lowest BCUT2D eigenvalue weighted by molar-refractivity contribution is -0.384. The van der Waals surface area contributed by atoms with Crippen molar-refractivity contribution in [1.29, 1.82) is 0 Å². The Bertz CT molecular complexity index is 819. The zero-order valence-corrected chi connectivity index (χ0v) is 14.8. The maximum Gasteiger partial charge on any atom is 0.270 e. The van der Waals surface area contributed by atoms with Gasteiger partial charge in [-0.25, -0.2) is 0 Å². The van der Waals surface area contributed by atoms with Crippen LogP contribution in [-0.2, 0) is 7.05 Å². The minimum atomic E-state index is -0.499. The third kappa shape index (κ3) is 3.76. The molecule has 0 radical (unpaired) electrons. The van der Waals surface area contributed by atoms with Crippen molar-refractivity contribution in [2.45, 2.75) is 18.9 Å². The lowest BCUT2D eigenvalue weighted by Gasteiger charge is -2.34. The molecule has 2 heterocycles. The summed E-state index contributed by atoms with van der Waals surface area (Å²) in [5, 5.41) is 21.1. The summed E-state index contributed by atoms with van der Waals surface area (Å²) < 4.78 is 1.77. The van der Waals surface area contributed by atoms with E-state index < -0.39 is 4.92 Å². The lowest BCUT2D eigenvalue weighted by Crippen LogP contribution is -2.42. The Balaban J connectivity index is 1.79. The van der Waals surface area contributed by atoms with Crippen molar-refractivity contribution in [3.63, 3.8) is 0 Å². The normalized spacial score (nSPS) is 17.0. The van der Waals surface area contributed by atoms with Crippen LogP contribution in [0.2, 0.25) is 0 Å². The molecule has 1 amide bonds. The number of nitrogens with zero attached hydrogens (tertiary/aromatic N) is 4. The number of aromatic nitrogens is 2. The Morgan fingerprint density at radius 2 is 2.23 bits per heavy atom. The van der Waals surface area contributed by atoms with Crippen LogP contribution in [0.3, 0.4) is 0 Å². The second-order valence-electron chi connectivity index (χ2n) is 6.37. The van der Waals surface area contributed by atoms with Gasteiger partial charge in [0.15, 0.2) is 0 Å². The Morgan fingerprint density at radius 1 is 1.42 bits per heavy atom. The number of carbonyl (C=O) groups excluding carboxylic acids is 1. The summed E-state index contributed by atoms with van der Waals surface area (Å²) in [4.78, 5) is 24.9. The maximum atomic E-state index is 12.1. The van der Waals surface area contributed by atoms with E-state index in [4.69, 9.17) is 0 Å². The number of rotatable bonds is 5. The first-order valence-corrected chi connectivity index (χ1v) is 8.48. The number of piperidine rings is 1. The number of anilines is 2. The molecular weight excluding hydrogens is 336 g/mol. The first kappa shape index (κ1) is 17.7. The lowest BCUT2D eigenvalue weighted by atomic mass is 10.0. The number of hydrogen-bond acceptors (Lipinski definition) is 6. The molecule has 0 spiro atoms. The summed E-state index contributed by atoms with van der Waals surface area (Å²) in [6, 6.07) is 4.46. The standard InChI is InChI=1S/C17H22N6O3/c1-18-17(24)15-8-13(23(25)26)5-6-16(15)20-12-4-3-7-22(10-12)14-9-19-21(2)11-14/h5-6,8-9,11-12,20H,3-4,7,10H2,1-2H3,(H,18,24). The van der Waals surface area contributed by atoms with Crippen molar-refractivity contribution >= 4 is 23.0 Å². The quantitative estimate of drug-likeness (QED) is 0.623. The zero-order valence-electron chi connectivity index (χ0n) is 14.8. The minimum Gasteiger partial charge on any atom is -0.380 e. The fourth-order valence-corrected chi connectivity index (χ4v) is 3.22. The molecule has 1 aliphatic heterocycles. The van der Waals surface area contributed by atoms with Gasteiger partial charge in [0, 0.05) is 57.2 Å². The third-order valence-electron chi connectivity index (χ3n) is 4.52. The molecule has 3 rings (SSSR count). The van der Waals surface area contributed by atoms with E-state index in [1.165, 1.54) is 19.2 Å². The highest BCUT2D eigenvalue weighted by Crippen LogP contribution is 2.26. The van der Waals surface area contributed by atoms with Gasteiger partial charge in [-0.05, 0) is 18.9 Å². The second-order valence-corrected chi connectivity index (χ2v) is 6.37. The maximum absolute atomic E-state index is 12.1. The fourth-order valence-electron chi connectivity index (χ4n) is 3.22. The molecule has 1 atom stereocenters. The number of amides is 1. The number of benzene rings is 1. The van der Waals surface area contributed by atoms with Crippen molar-refractivity contribution in [3.8, 4) is 0 Å². The first-order valence-electron chi connectivity index (χ1n) is 8.48. The highest BCUT2D eigenvalue weighted by Gasteiger charge is 2.23. The molecule has 2 N–H and O–H groups in total. The van der Waals surface area contributed by atoms with Crippen LogP contribution in [0.25, 0.3) is 0 Å². The largest absolute Gasteiger partial charge is 0.380 e. The molecule has 9 heteroatoms. The van der Waals surface area contributed by atoms with E-state index in [1.807, 2.05) is 19.4 Å². The molecule has 1 saturated heterocycles. The molecule has 0 aliphatic carbocycles.